The molecule has 0 aromatic rings. The van der Waals surface area contributed by atoms with Gasteiger partial charge in [-0.1, -0.05) is 26.7 Å². The molecule has 0 aliphatic heterocycles. The predicted molar refractivity (Wildman–Crippen MR) is 63.6 cm³/mol. The van der Waals surface area contributed by atoms with Crippen LogP contribution in [0.2, 0.25) is 0 Å². The Morgan fingerprint density at radius 1 is 1.33 bits per heavy atom. The lowest BCUT2D eigenvalue weighted by Gasteiger charge is -2.27. The Morgan fingerprint density at radius 2 is 1.93 bits per heavy atom. The van der Waals surface area contributed by atoms with E-state index in [1.165, 1.54) is 12.8 Å². The molecule has 0 heterocycles. The number of hydrogen-bond acceptors (Lipinski definition) is 2. The third-order valence-corrected chi connectivity index (χ3v) is 3.75. The van der Waals surface area contributed by atoms with Gasteiger partial charge in [0.15, 0.2) is 0 Å². The van der Waals surface area contributed by atoms with E-state index < -0.39 is 0 Å². The van der Waals surface area contributed by atoms with Crippen molar-refractivity contribution in [2.45, 2.75) is 52.4 Å². The van der Waals surface area contributed by atoms with Gasteiger partial charge in [-0.3, -0.25) is 4.79 Å². The second kappa shape index (κ2) is 6.26. The van der Waals surface area contributed by atoms with E-state index in [4.69, 9.17) is 5.73 Å². The Hall–Kier alpha value is -0.370. The predicted octanol–water partition coefficient (Wildman–Crippen LogP) is 2.76. The molecule has 0 spiro atoms. The van der Waals surface area contributed by atoms with Crippen molar-refractivity contribution in [1.29, 1.82) is 0 Å². The fourth-order valence-electron chi connectivity index (χ4n) is 2.51. The van der Waals surface area contributed by atoms with Crippen molar-refractivity contribution < 1.29 is 4.79 Å². The molecule has 2 heteroatoms. The normalized spacial score (nSPS) is 28.7. The molecule has 0 radical (unpaired) electrons. The highest BCUT2D eigenvalue weighted by molar-refractivity contribution is 5.83. The number of Topliss-reactive ketones (excluding diaryl/α,β-unsaturated/α-hetero) is 1. The molecular formula is C13H25NO. The summed E-state index contributed by atoms with van der Waals surface area (Å²) in [6, 6.07) is 0. The van der Waals surface area contributed by atoms with Crippen LogP contribution in [-0.4, -0.2) is 12.3 Å². The second-order valence-corrected chi connectivity index (χ2v) is 5.19. The summed E-state index contributed by atoms with van der Waals surface area (Å²) in [7, 11) is 0. The van der Waals surface area contributed by atoms with Gasteiger partial charge in [0.2, 0.25) is 0 Å². The third kappa shape index (κ3) is 3.94. The van der Waals surface area contributed by atoms with Gasteiger partial charge in [0.1, 0.15) is 5.78 Å². The summed E-state index contributed by atoms with van der Waals surface area (Å²) in [5.74, 6) is 1.91. The van der Waals surface area contributed by atoms with Gasteiger partial charge in [0.05, 0.1) is 0 Å². The van der Waals surface area contributed by atoms with Crippen LogP contribution in [-0.2, 0) is 4.79 Å². The van der Waals surface area contributed by atoms with Crippen molar-refractivity contribution >= 4 is 5.78 Å². The van der Waals surface area contributed by atoms with Gasteiger partial charge in [0, 0.05) is 11.8 Å². The molecule has 1 fully saturated rings. The molecule has 0 amide bonds. The summed E-state index contributed by atoms with van der Waals surface area (Å²) in [6.45, 7) is 5.06. The van der Waals surface area contributed by atoms with E-state index in [1.807, 2.05) is 0 Å². The lowest BCUT2D eigenvalue weighted by atomic mass is 9.77. The summed E-state index contributed by atoms with van der Waals surface area (Å²) in [5.41, 5.74) is 5.46. The first-order valence-corrected chi connectivity index (χ1v) is 6.39. The Bertz CT molecular complexity index is 195. The van der Waals surface area contributed by atoms with E-state index in [2.05, 4.69) is 13.8 Å². The van der Waals surface area contributed by atoms with Crippen molar-refractivity contribution in [3.05, 3.63) is 0 Å². The maximum absolute atomic E-state index is 12.1. The van der Waals surface area contributed by atoms with Gasteiger partial charge < -0.3 is 5.73 Å². The van der Waals surface area contributed by atoms with Gasteiger partial charge in [0.25, 0.3) is 0 Å². The van der Waals surface area contributed by atoms with Crippen molar-refractivity contribution in [2.75, 3.05) is 6.54 Å². The zero-order valence-electron chi connectivity index (χ0n) is 10.2. The lowest BCUT2D eigenvalue weighted by Crippen LogP contribution is -2.26. The number of ketones is 1. The smallest absolute Gasteiger partial charge is 0.138 e. The molecule has 0 bridgehead atoms. The Kier molecular flexibility index (Phi) is 5.30. The van der Waals surface area contributed by atoms with Crippen LogP contribution in [0.15, 0.2) is 0 Å². The van der Waals surface area contributed by atoms with Crippen LogP contribution in [0.1, 0.15) is 52.4 Å². The Balaban J connectivity index is 2.32. The lowest BCUT2D eigenvalue weighted by molar-refractivity contribution is -0.127. The number of rotatable bonds is 5. The first kappa shape index (κ1) is 12.7. The van der Waals surface area contributed by atoms with Crippen LogP contribution >= 0.6 is 0 Å². The van der Waals surface area contributed by atoms with Gasteiger partial charge in [-0.2, -0.15) is 0 Å². The monoisotopic (exact) mass is 211 g/mol. The molecule has 15 heavy (non-hydrogen) atoms. The number of carbonyl (C=O) groups is 1. The van der Waals surface area contributed by atoms with E-state index in [-0.39, 0.29) is 5.92 Å². The molecule has 1 rings (SSSR count). The molecule has 88 valence electrons. The average molecular weight is 211 g/mol. The van der Waals surface area contributed by atoms with Crippen LogP contribution in [0, 0.1) is 17.8 Å². The highest BCUT2D eigenvalue weighted by Gasteiger charge is 2.27. The standard InChI is InChI=1S/C13H25NO/c1-10-5-7-12(8-6-10)13(15)11(2)4-3-9-14/h10-12H,3-9,14H2,1-2H3. The van der Waals surface area contributed by atoms with Gasteiger partial charge in [-0.15, -0.1) is 0 Å². The summed E-state index contributed by atoms with van der Waals surface area (Å²) < 4.78 is 0. The molecule has 1 aliphatic rings. The van der Waals surface area contributed by atoms with E-state index in [1.54, 1.807) is 0 Å². The number of carbonyl (C=O) groups excluding carboxylic acids is 1. The summed E-state index contributed by atoms with van der Waals surface area (Å²) in [6.07, 6.45) is 6.66. The topological polar surface area (TPSA) is 43.1 Å². The van der Waals surface area contributed by atoms with Gasteiger partial charge in [-0.25, -0.2) is 0 Å². The molecule has 1 atom stereocenters. The number of nitrogens with two attached hydrogens (primary N) is 1. The van der Waals surface area contributed by atoms with Crippen LogP contribution in [0.4, 0.5) is 0 Å². The van der Waals surface area contributed by atoms with Gasteiger partial charge in [-0.05, 0) is 38.1 Å². The van der Waals surface area contributed by atoms with Crippen LogP contribution in [0.25, 0.3) is 0 Å². The largest absolute Gasteiger partial charge is 0.330 e. The minimum Gasteiger partial charge on any atom is -0.330 e. The molecular weight excluding hydrogens is 186 g/mol. The molecule has 0 aromatic carbocycles. The van der Waals surface area contributed by atoms with Crippen LogP contribution in [0.3, 0.4) is 0 Å². The SMILES string of the molecule is CC1CCC(C(=O)C(C)CCCN)CC1. The molecule has 2 nitrogen and oxygen atoms in total. The highest BCUT2D eigenvalue weighted by Crippen LogP contribution is 2.31. The van der Waals surface area contributed by atoms with E-state index in [9.17, 15) is 4.79 Å². The average Bonchev–Trinajstić information content (AvgIpc) is 2.26. The zero-order valence-corrected chi connectivity index (χ0v) is 10.2. The quantitative estimate of drug-likeness (QED) is 0.760. The Morgan fingerprint density at radius 3 is 2.47 bits per heavy atom. The molecule has 2 N–H and O–H groups in total. The molecule has 1 aliphatic carbocycles. The minimum atomic E-state index is 0.229. The maximum atomic E-state index is 12.1. The Labute approximate surface area is 93.6 Å². The summed E-state index contributed by atoms with van der Waals surface area (Å²) >= 11 is 0. The van der Waals surface area contributed by atoms with Crippen molar-refractivity contribution in [2.24, 2.45) is 23.5 Å². The van der Waals surface area contributed by atoms with Crippen LogP contribution in [0.5, 0.6) is 0 Å². The van der Waals surface area contributed by atoms with E-state index >= 15 is 0 Å². The third-order valence-electron chi connectivity index (χ3n) is 3.75. The fourth-order valence-corrected chi connectivity index (χ4v) is 2.51. The first-order chi connectivity index (χ1) is 7.15. The van der Waals surface area contributed by atoms with Crippen molar-refractivity contribution in [3.63, 3.8) is 0 Å². The fraction of sp³-hybridized carbons (Fsp3) is 0.923. The van der Waals surface area contributed by atoms with Crippen molar-refractivity contribution in [3.8, 4) is 0 Å². The van der Waals surface area contributed by atoms with E-state index in [0.717, 1.165) is 31.6 Å². The summed E-state index contributed by atoms with van der Waals surface area (Å²) in [5, 5.41) is 0. The highest BCUT2D eigenvalue weighted by atomic mass is 16.1. The molecule has 1 saturated carbocycles. The maximum Gasteiger partial charge on any atom is 0.138 e. The number of hydrogen-bond donors (Lipinski definition) is 1. The second-order valence-electron chi connectivity index (χ2n) is 5.19. The first-order valence-electron chi connectivity index (χ1n) is 6.39. The van der Waals surface area contributed by atoms with Crippen molar-refractivity contribution in [1.82, 2.24) is 0 Å². The molecule has 0 aromatic heterocycles. The summed E-state index contributed by atoms with van der Waals surface area (Å²) in [4.78, 5) is 12.1. The molecule has 0 saturated heterocycles. The van der Waals surface area contributed by atoms with E-state index in [0.29, 0.717) is 18.2 Å². The van der Waals surface area contributed by atoms with Crippen LogP contribution < -0.4 is 5.73 Å². The zero-order chi connectivity index (χ0) is 11.3. The molecule has 1 unspecified atom stereocenters. The van der Waals surface area contributed by atoms with Gasteiger partial charge >= 0.3 is 0 Å². The minimum absolute atomic E-state index is 0.229.